The number of carbonyl (C=O) groups is 1. The summed E-state index contributed by atoms with van der Waals surface area (Å²) >= 11 is 0. The first-order chi connectivity index (χ1) is 9.54. The summed E-state index contributed by atoms with van der Waals surface area (Å²) in [6.07, 6.45) is 2.43. The van der Waals surface area contributed by atoms with Gasteiger partial charge in [-0.05, 0) is 31.4 Å². The van der Waals surface area contributed by atoms with E-state index in [2.05, 4.69) is 5.32 Å². The minimum atomic E-state index is -0.468. The zero-order valence-electron chi connectivity index (χ0n) is 12.1. The highest BCUT2D eigenvalue weighted by Gasteiger charge is 2.13. The number of halogens is 1. The Morgan fingerprint density at radius 1 is 1.50 bits per heavy atom. The molecule has 0 bridgehead atoms. The van der Waals surface area contributed by atoms with Gasteiger partial charge in [0.25, 0.3) is 5.91 Å². The van der Waals surface area contributed by atoms with E-state index in [0.29, 0.717) is 18.5 Å². The highest BCUT2D eigenvalue weighted by atomic mass is 19.1. The molecule has 0 heterocycles. The van der Waals surface area contributed by atoms with Crippen LogP contribution in [0.2, 0.25) is 0 Å². The van der Waals surface area contributed by atoms with E-state index >= 15 is 0 Å². The molecule has 0 aliphatic carbocycles. The Morgan fingerprint density at radius 3 is 2.90 bits per heavy atom. The van der Waals surface area contributed by atoms with Crippen LogP contribution in [0.1, 0.15) is 32.3 Å². The molecule has 1 unspecified atom stereocenters. The Bertz CT molecular complexity index is 436. The van der Waals surface area contributed by atoms with Gasteiger partial charge < -0.3 is 15.8 Å². The number of amides is 1. The number of ether oxygens (including phenoxy) is 1. The molecule has 1 amide bonds. The number of hydrogen-bond acceptors (Lipinski definition) is 3. The molecule has 1 aromatic rings. The van der Waals surface area contributed by atoms with E-state index < -0.39 is 5.82 Å². The van der Waals surface area contributed by atoms with Gasteiger partial charge in [0.2, 0.25) is 0 Å². The summed E-state index contributed by atoms with van der Waals surface area (Å²) in [7, 11) is 0. The van der Waals surface area contributed by atoms with Crippen LogP contribution in [-0.2, 0) is 11.2 Å². The lowest BCUT2D eigenvalue weighted by Crippen LogP contribution is -2.30. The second-order valence-electron chi connectivity index (χ2n) is 4.90. The second-order valence-corrected chi connectivity index (χ2v) is 4.90. The van der Waals surface area contributed by atoms with Crippen LogP contribution >= 0.6 is 0 Å². The van der Waals surface area contributed by atoms with Gasteiger partial charge in [-0.25, -0.2) is 4.39 Å². The van der Waals surface area contributed by atoms with Crippen molar-refractivity contribution in [2.24, 2.45) is 5.73 Å². The highest BCUT2D eigenvalue weighted by Crippen LogP contribution is 2.23. The first-order valence-electron chi connectivity index (χ1n) is 6.97. The Morgan fingerprint density at radius 2 is 2.25 bits per heavy atom. The minimum absolute atomic E-state index is 0.0995. The number of nitrogens with two attached hydrogens (primary N) is 1. The van der Waals surface area contributed by atoms with E-state index in [0.717, 1.165) is 12.8 Å². The molecule has 1 rings (SSSR count). The summed E-state index contributed by atoms with van der Waals surface area (Å²) < 4.78 is 19.1. The molecule has 1 atom stereocenters. The zero-order valence-corrected chi connectivity index (χ0v) is 12.1. The van der Waals surface area contributed by atoms with Crippen molar-refractivity contribution in [3.8, 4) is 5.75 Å². The Labute approximate surface area is 119 Å². The lowest BCUT2D eigenvalue weighted by Gasteiger charge is -2.13. The van der Waals surface area contributed by atoms with Gasteiger partial charge in [0, 0.05) is 12.6 Å². The molecule has 0 radical (unpaired) electrons. The molecule has 0 fully saturated rings. The molecule has 0 saturated carbocycles. The predicted octanol–water partition coefficient (Wildman–Crippen LogP) is 2.01. The number of para-hydroxylation sites is 1. The van der Waals surface area contributed by atoms with Crippen LogP contribution in [0.3, 0.4) is 0 Å². The zero-order chi connectivity index (χ0) is 15.0. The molecular weight excluding hydrogens is 259 g/mol. The van der Waals surface area contributed by atoms with E-state index in [1.54, 1.807) is 12.1 Å². The van der Waals surface area contributed by atoms with Crippen LogP contribution in [0.5, 0.6) is 5.75 Å². The fourth-order valence-corrected chi connectivity index (χ4v) is 1.82. The van der Waals surface area contributed by atoms with Gasteiger partial charge in [-0.2, -0.15) is 0 Å². The number of benzene rings is 1. The molecule has 4 nitrogen and oxygen atoms in total. The standard InChI is InChI=1S/C15H23FN2O2/c1-3-4-8-18-14(19)10-20-15-12(9-11(2)17)6-5-7-13(15)16/h5-7,11H,3-4,8-10,17H2,1-2H3,(H,18,19). The molecule has 0 spiro atoms. The van der Waals surface area contributed by atoms with Crippen LogP contribution in [0.25, 0.3) is 0 Å². The van der Waals surface area contributed by atoms with Crippen molar-refractivity contribution in [2.75, 3.05) is 13.2 Å². The van der Waals surface area contributed by atoms with Crippen molar-refractivity contribution in [1.82, 2.24) is 5.32 Å². The number of rotatable bonds is 8. The highest BCUT2D eigenvalue weighted by molar-refractivity contribution is 5.77. The van der Waals surface area contributed by atoms with Crippen molar-refractivity contribution in [3.05, 3.63) is 29.6 Å². The average molecular weight is 282 g/mol. The van der Waals surface area contributed by atoms with Crippen LogP contribution in [0.4, 0.5) is 4.39 Å². The monoisotopic (exact) mass is 282 g/mol. The Kier molecular flexibility index (Phi) is 7.01. The van der Waals surface area contributed by atoms with Crippen LogP contribution in [0.15, 0.2) is 18.2 Å². The topological polar surface area (TPSA) is 64.3 Å². The van der Waals surface area contributed by atoms with Gasteiger partial charge in [-0.1, -0.05) is 25.5 Å². The molecule has 0 aliphatic rings. The van der Waals surface area contributed by atoms with Crippen molar-refractivity contribution < 1.29 is 13.9 Å². The van der Waals surface area contributed by atoms with Gasteiger partial charge in [-0.3, -0.25) is 4.79 Å². The lowest BCUT2D eigenvalue weighted by molar-refractivity contribution is -0.123. The van der Waals surface area contributed by atoms with Gasteiger partial charge in [0.15, 0.2) is 18.2 Å². The van der Waals surface area contributed by atoms with Gasteiger partial charge in [0.05, 0.1) is 0 Å². The lowest BCUT2D eigenvalue weighted by atomic mass is 10.1. The van der Waals surface area contributed by atoms with E-state index in [-0.39, 0.29) is 24.3 Å². The third-order valence-electron chi connectivity index (χ3n) is 2.79. The summed E-state index contributed by atoms with van der Waals surface area (Å²) in [5.74, 6) is -0.589. The van der Waals surface area contributed by atoms with E-state index in [9.17, 15) is 9.18 Å². The van der Waals surface area contributed by atoms with E-state index in [1.165, 1.54) is 6.07 Å². The largest absolute Gasteiger partial charge is 0.480 e. The number of unbranched alkanes of at least 4 members (excludes halogenated alkanes) is 1. The van der Waals surface area contributed by atoms with Gasteiger partial charge in [0.1, 0.15) is 0 Å². The molecule has 3 N–H and O–H groups in total. The number of nitrogens with one attached hydrogen (secondary N) is 1. The molecule has 0 aromatic heterocycles. The third kappa shape index (κ3) is 5.57. The van der Waals surface area contributed by atoms with E-state index in [4.69, 9.17) is 10.5 Å². The fourth-order valence-electron chi connectivity index (χ4n) is 1.82. The van der Waals surface area contributed by atoms with Crippen LogP contribution in [-0.4, -0.2) is 25.1 Å². The molecule has 0 aliphatic heterocycles. The van der Waals surface area contributed by atoms with Gasteiger partial charge >= 0.3 is 0 Å². The Balaban J connectivity index is 2.60. The molecule has 1 aromatic carbocycles. The Hall–Kier alpha value is -1.62. The SMILES string of the molecule is CCCCNC(=O)COc1c(F)cccc1CC(C)N. The van der Waals surface area contributed by atoms with Crippen molar-refractivity contribution >= 4 is 5.91 Å². The van der Waals surface area contributed by atoms with E-state index in [1.807, 2.05) is 13.8 Å². The predicted molar refractivity (Wildman–Crippen MR) is 77.2 cm³/mol. The molecule has 20 heavy (non-hydrogen) atoms. The maximum absolute atomic E-state index is 13.8. The summed E-state index contributed by atoms with van der Waals surface area (Å²) in [5.41, 5.74) is 6.40. The van der Waals surface area contributed by atoms with Crippen molar-refractivity contribution in [2.45, 2.75) is 39.2 Å². The summed E-state index contributed by atoms with van der Waals surface area (Å²) in [4.78, 5) is 11.6. The number of carbonyl (C=O) groups excluding carboxylic acids is 1. The van der Waals surface area contributed by atoms with Crippen molar-refractivity contribution in [1.29, 1.82) is 0 Å². The molecular formula is C15H23FN2O2. The van der Waals surface area contributed by atoms with Crippen LogP contribution < -0.4 is 15.8 Å². The quantitative estimate of drug-likeness (QED) is 0.717. The smallest absolute Gasteiger partial charge is 0.257 e. The molecule has 0 saturated heterocycles. The molecule has 5 heteroatoms. The van der Waals surface area contributed by atoms with Crippen molar-refractivity contribution in [3.63, 3.8) is 0 Å². The fraction of sp³-hybridized carbons (Fsp3) is 0.533. The first kappa shape index (κ1) is 16.4. The summed E-state index contributed by atoms with van der Waals surface area (Å²) in [6, 6.07) is 4.59. The maximum Gasteiger partial charge on any atom is 0.257 e. The van der Waals surface area contributed by atoms with Crippen LogP contribution in [0, 0.1) is 5.82 Å². The summed E-state index contributed by atoms with van der Waals surface area (Å²) in [5, 5.41) is 2.72. The maximum atomic E-state index is 13.8. The first-order valence-corrected chi connectivity index (χ1v) is 6.97. The summed E-state index contributed by atoms with van der Waals surface area (Å²) in [6.45, 7) is 4.31. The number of hydrogen-bond donors (Lipinski definition) is 2. The average Bonchev–Trinajstić information content (AvgIpc) is 2.37. The van der Waals surface area contributed by atoms with Gasteiger partial charge in [-0.15, -0.1) is 0 Å². The second kappa shape index (κ2) is 8.53. The third-order valence-corrected chi connectivity index (χ3v) is 2.79. The molecule has 112 valence electrons. The minimum Gasteiger partial charge on any atom is -0.480 e. The normalized spacial score (nSPS) is 12.0.